The maximum Gasteiger partial charge on any atom is 0.488 e. The lowest BCUT2D eigenvalue weighted by Gasteiger charge is -2.27. The number of imide groups is 1. The quantitative estimate of drug-likeness (QED) is 0.552. The van der Waals surface area contributed by atoms with E-state index in [2.05, 4.69) is 0 Å². The molecule has 0 fully saturated rings. The van der Waals surface area contributed by atoms with Gasteiger partial charge in [0.25, 0.3) is 11.8 Å². The van der Waals surface area contributed by atoms with E-state index in [9.17, 15) is 19.6 Å². The SMILES string of the molecule is O=C1c2cccc3cccc(c23)C(=O)N1c1cccc(B(O)O)c1. The number of rotatable bonds is 2. The average Bonchev–Trinajstić information content (AvgIpc) is 2.60. The number of nitrogens with zero attached hydrogens (tertiary/aromatic N) is 1. The van der Waals surface area contributed by atoms with E-state index in [1.165, 1.54) is 12.1 Å². The summed E-state index contributed by atoms with van der Waals surface area (Å²) in [5, 5.41) is 20.1. The zero-order valence-electron chi connectivity index (χ0n) is 12.5. The predicted octanol–water partition coefficient (Wildman–Crippen LogP) is 1.32. The Morgan fingerprint density at radius 3 is 1.96 bits per heavy atom. The van der Waals surface area contributed by atoms with Crippen LogP contribution in [0.5, 0.6) is 0 Å². The van der Waals surface area contributed by atoms with Crippen molar-refractivity contribution in [2.75, 3.05) is 4.90 Å². The Bertz CT molecular complexity index is 948. The molecule has 0 bridgehead atoms. The van der Waals surface area contributed by atoms with E-state index in [0.29, 0.717) is 22.2 Å². The Morgan fingerprint density at radius 2 is 1.38 bits per heavy atom. The summed E-state index contributed by atoms with van der Waals surface area (Å²) in [6.45, 7) is 0. The van der Waals surface area contributed by atoms with Crippen LogP contribution in [0.2, 0.25) is 0 Å². The average molecular weight is 317 g/mol. The van der Waals surface area contributed by atoms with Crippen LogP contribution in [0.4, 0.5) is 5.69 Å². The van der Waals surface area contributed by atoms with E-state index in [-0.39, 0.29) is 5.46 Å². The van der Waals surface area contributed by atoms with Crippen LogP contribution in [0.1, 0.15) is 20.7 Å². The maximum absolute atomic E-state index is 12.9. The van der Waals surface area contributed by atoms with Crippen LogP contribution in [0.25, 0.3) is 10.8 Å². The second kappa shape index (κ2) is 5.30. The standard InChI is InChI=1S/C18H12BNO4/c21-17-14-8-1-4-11-5-2-9-15(16(11)14)18(22)20(17)13-7-3-6-12(10-13)19(23)24/h1-10,23-24H. The molecule has 0 spiro atoms. The molecule has 0 aliphatic carbocycles. The third kappa shape index (κ3) is 2.05. The van der Waals surface area contributed by atoms with Crippen LogP contribution < -0.4 is 10.4 Å². The molecule has 1 heterocycles. The van der Waals surface area contributed by atoms with Crippen molar-refractivity contribution in [1.82, 2.24) is 0 Å². The van der Waals surface area contributed by atoms with Crippen LogP contribution in [-0.4, -0.2) is 29.0 Å². The number of anilines is 1. The summed E-state index contributed by atoms with van der Waals surface area (Å²) >= 11 is 0. The van der Waals surface area contributed by atoms with Crippen molar-refractivity contribution >= 4 is 40.9 Å². The van der Waals surface area contributed by atoms with Gasteiger partial charge in [-0.25, -0.2) is 4.90 Å². The molecule has 0 radical (unpaired) electrons. The molecule has 2 amide bonds. The lowest BCUT2D eigenvalue weighted by atomic mass is 9.80. The Morgan fingerprint density at radius 1 is 0.792 bits per heavy atom. The first kappa shape index (κ1) is 14.6. The molecule has 1 aliphatic heterocycles. The van der Waals surface area contributed by atoms with Crippen LogP contribution in [-0.2, 0) is 0 Å². The molecule has 0 saturated heterocycles. The summed E-state index contributed by atoms with van der Waals surface area (Å²) in [6.07, 6.45) is 0. The minimum Gasteiger partial charge on any atom is -0.423 e. The van der Waals surface area contributed by atoms with Crippen LogP contribution in [0.15, 0.2) is 60.7 Å². The third-order valence-electron chi connectivity index (χ3n) is 4.20. The molecule has 3 aromatic rings. The van der Waals surface area contributed by atoms with E-state index in [4.69, 9.17) is 0 Å². The van der Waals surface area contributed by atoms with Gasteiger partial charge in [-0.1, -0.05) is 36.4 Å². The normalized spacial score (nSPS) is 13.5. The van der Waals surface area contributed by atoms with Crippen molar-refractivity contribution in [1.29, 1.82) is 0 Å². The van der Waals surface area contributed by atoms with Gasteiger partial charge in [0.2, 0.25) is 0 Å². The molecule has 0 atom stereocenters. The molecule has 5 nitrogen and oxygen atoms in total. The molecule has 24 heavy (non-hydrogen) atoms. The topological polar surface area (TPSA) is 77.8 Å². The summed E-state index contributed by atoms with van der Waals surface area (Å²) in [4.78, 5) is 26.8. The van der Waals surface area contributed by atoms with Crippen LogP contribution in [0, 0.1) is 0 Å². The van der Waals surface area contributed by atoms with E-state index < -0.39 is 18.9 Å². The van der Waals surface area contributed by atoms with E-state index in [1.807, 2.05) is 12.1 Å². The molecule has 116 valence electrons. The largest absolute Gasteiger partial charge is 0.488 e. The highest BCUT2D eigenvalue weighted by molar-refractivity contribution is 6.58. The Kier molecular flexibility index (Phi) is 3.23. The summed E-state index contributed by atoms with van der Waals surface area (Å²) in [7, 11) is -1.67. The smallest absolute Gasteiger partial charge is 0.423 e. The van der Waals surface area contributed by atoms with Crippen molar-refractivity contribution in [3.8, 4) is 0 Å². The summed E-state index contributed by atoms with van der Waals surface area (Å²) < 4.78 is 0. The number of amides is 2. The molecule has 0 unspecified atom stereocenters. The molecule has 1 aliphatic rings. The zero-order chi connectivity index (χ0) is 16.8. The molecule has 0 aromatic heterocycles. The molecular formula is C18H12BNO4. The Hall–Kier alpha value is -2.96. The molecule has 4 rings (SSSR count). The fraction of sp³-hybridized carbons (Fsp3) is 0. The summed E-state index contributed by atoms with van der Waals surface area (Å²) in [6, 6.07) is 16.8. The fourth-order valence-corrected chi connectivity index (χ4v) is 3.09. The second-order valence-electron chi connectivity index (χ2n) is 5.62. The van der Waals surface area contributed by atoms with Crippen molar-refractivity contribution < 1.29 is 19.6 Å². The highest BCUT2D eigenvalue weighted by Crippen LogP contribution is 2.32. The van der Waals surface area contributed by atoms with Gasteiger partial charge in [0.05, 0.1) is 5.69 Å². The fourth-order valence-electron chi connectivity index (χ4n) is 3.09. The van der Waals surface area contributed by atoms with Gasteiger partial charge in [0.15, 0.2) is 0 Å². The minimum atomic E-state index is -1.67. The van der Waals surface area contributed by atoms with Gasteiger partial charge in [0, 0.05) is 16.5 Å². The third-order valence-corrected chi connectivity index (χ3v) is 4.20. The first-order chi connectivity index (χ1) is 11.6. The number of hydrogen-bond donors (Lipinski definition) is 2. The first-order valence-electron chi connectivity index (χ1n) is 7.44. The van der Waals surface area contributed by atoms with Crippen molar-refractivity contribution in [3.05, 3.63) is 71.8 Å². The van der Waals surface area contributed by atoms with Crippen LogP contribution >= 0.6 is 0 Å². The van der Waals surface area contributed by atoms with Gasteiger partial charge in [-0.3, -0.25) is 9.59 Å². The predicted molar refractivity (Wildman–Crippen MR) is 91.4 cm³/mol. The van der Waals surface area contributed by atoms with Gasteiger partial charge < -0.3 is 10.0 Å². The van der Waals surface area contributed by atoms with Crippen molar-refractivity contribution in [3.63, 3.8) is 0 Å². The van der Waals surface area contributed by atoms with Crippen molar-refractivity contribution in [2.24, 2.45) is 0 Å². The Labute approximate surface area is 137 Å². The maximum atomic E-state index is 12.9. The number of hydrogen-bond acceptors (Lipinski definition) is 4. The second-order valence-corrected chi connectivity index (χ2v) is 5.62. The van der Waals surface area contributed by atoms with Gasteiger partial charge >= 0.3 is 7.12 Å². The minimum absolute atomic E-state index is 0.213. The van der Waals surface area contributed by atoms with Gasteiger partial charge in [-0.15, -0.1) is 0 Å². The van der Waals surface area contributed by atoms with Crippen molar-refractivity contribution in [2.45, 2.75) is 0 Å². The molecule has 6 heteroatoms. The summed E-state index contributed by atoms with van der Waals surface area (Å²) in [5.74, 6) is -0.845. The highest BCUT2D eigenvalue weighted by atomic mass is 16.4. The first-order valence-corrected chi connectivity index (χ1v) is 7.44. The number of carbonyl (C=O) groups is 2. The van der Waals surface area contributed by atoms with E-state index in [1.54, 1.807) is 36.4 Å². The van der Waals surface area contributed by atoms with Gasteiger partial charge in [0.1, 0.15) is 0 Å². The van der Waals surface area contributed by atoms with E-state index >= 15 is 0 Å². The molecule has 0 saturated carbocycles. The lowest BCUT2D eigenvalue weighted by Crippen LogP contribution is -2.41. The number of benzene rings is 3. The van der Waals surface area contributed by atoms with E-state index in [0.717, 1.165) is 10.3 Å². The molecular weight excluding hydrogens is 305 g/mol. The summed E-state index contributed by atoms with van der Waals surface area (Å²) in [5.41, 5.74) is 1.43. The monoisotopic (exact) mass is 317 g/mol. The van der Waals surface area contributed by atoms with Gasteiger partial charge in [-0.05, 0) is 35.1 Å². The van der Waals surface area contributed by atoms with Crippen LogP contribution in [0.3, 0.4) is 0 Å². The lowest BCUT2D eigenvalue weighted by molar-refractivity contribution is 0.0893. The van der Waals surface area contributed by atoms with Gasteiger partial charge in [-0.2, -0.15) is 0 Å². The Balaban J connectivity index is 1.93. The zero-order valence-corrected chi connectivity index (χ0v) is 12.5. The molecule has 3 aromatic carbocycles. The molecule has 2 N–H and O–H groups in total. The highest BCUT2D eigenvalue weighted by Gasteiger charge is 2.34. The number of carbonyl (C=O) groups excluding carboxylic acids is 2.